The first-order valence-corrected chi connectivity index (χ1v) is 5.55. The minimum Gasteiger partial charge on any atom is -0.315 e. The van der Waals surface area contributed by atoms with E-state index in [4.69, 9.17) is 5.26 Å². The summed E-state index contributed by atoms with van der Waals surface area (Å²) < 4.78 is 0. The summed E-state index contributed by atoms with van der Waals surface area (Å²) in [6, 6.07) is 2.89. The molecule has 1 N–H and O–H groups in total. The van der Waals surface area contributed by atoms with E-state index in [1.54, 1.807) is 0 Å². The topological polar surface area (TPSA) is 39.1 Å². The highest BCUT2D eigenvalue weighted by Crippen LogP contribution is 2.11. The third kappa shape index (κ3) is 3.65. The minimum absolute atomic E-state index is 0.656. The van der Waals surface area contributed by atoms with Crippen LogP contribution in [0, 0.1) is 17.2 Å². The van der Waals surface area contributed by atoms with Gasteiger partial charge in [0.25, 0.3) is 0 Å². The summed E-state index contributed by atoms with van der Waals surface area (Å²) in [5, 5.41) is 12.0. The van der Waals surface area contributed by atoms with Crippen molar-refractivity contribution in [3.8, 4) is 6.07 Å². The number of hydrogen-bond donors (Lipinski definition) is 1. The van der Waals surface area contributed by atoms with Gasteiger partial charge in [-0.2, -0.15) is 5.26 Å². The molecule has 1 fully saturated rings. The number of nitrogens with zero attached hydrogens (tertiary/aromatic N) is 2. The lowest BCUT2D eigenvalue weighted by atomic mass is 10.1. The van der Waals surface area contributed by atoms with Crippen molar-refractivity contribution < 1.29 is 0 Å². The molecule has 1 aliphatic heterocycles. The molecular formula is C11H21N3. The fourth-order valence-corrected chi connectivity index (χ4v) is 2.04. The second-order valence-electron chi connectivity index (χ2n) is 4.44. The normalized spacial score (nSPS) is 21.8. The van der Waals surface area contributed by atoms with E-state index in [-0.39, 0.29) is 0 Å². The van der Waals surface area contributed by atoms with Gasteiger partial charge in [-0.05, 0) is 18.9 Å². The first kappa shape index (κ1) is 11.5. The number of rotatable bonds is 5. The lowest BCUT2D eigenvalue weighted by Gasteiger charge is -2.29. The van der Waals surface area contributed by atoms with Gasteiger partial charge < -0.3 is 5.32 Å². The molecule has 0 spiro atoms. The van der Waals surface area contributed by atoms with Crippen molar-refractivity contribution in [2.45, 2.75) is 32.7 Å². The Bertz CT molecular complexity index is 189. The number of hydrogen-bond acceptors (Lipinski definition) is 3. The molecule has 3 heteroatoms. The first-order valence-electron chi connectivity index (χ1n) is 5.55. The predicted molar refractivity (Wildman–Crippen MR) is 57.9 cm³/mol. The van der Waals surface area contributed by atoms with Crippen molar-refractivity contribution in [1.82, 2.24) is 10.2 Å². The van der Waals surface area contributed by atoms with Crippen LogP contribution in [0.3, 0.4) is 0 Å². The smallest absolute Gasteiger partial charge is 0.0635 e. The summed E-state index contributed by atoms with van der Waals surface area (Å²) in [4.78, 5) is 2.47. The van der Waals surface area contributed by atoms with Crippen LogP contribution in [0.1, 0.15) is 26.7 Å². The molecule has 80 valence electrons. The average molecular weight is 195 g/mol. The molecule has 1 atom stereocenters. The van der Waals surface area contributed by atoms with Crippen LogP contribution in [0.5, 0.6) is 0 Å². The summed E-state index contributed by atoms with van der Waals surface area (Å²) >= 11 is 0. The summed E-state index contributed by atoms with van der Waals surface area (Å²) in [6.07, 6.45) is 1.89. The van der Waals surface area contributed by atoms with Crippen LogP contribution >= 0.6 is 0 Å². The zero-order valence-corrected chi connectivity index (χ0v) is 9.29. The lowest BCUT2D eigenvalue weighted by molar-refractivity contribution is 0.190. The second kappa shape index (κ2) is 6.00. The highest BCUT2D eigenvalue weighted by atomic mass is 15.2. The fourth-order valence-electron chi connectivity index (χ4n) is 2.04. The van der Waals surface area contributed by atoms with E-state index in [1.807, 2.05) is 0 Å². The van der Waals surface area contributed by atoms with Crippen LogP contribution in [0.15, 0.2) is 0 Å². The van der Waals surface area contributed by atoms with Crippen molar-refractivity contribution in [2.75, 3.05) is 26.2 Å². The van der Waals surface area contributed by atoms with E-state index in [0.29, 0.717) is 18.4 Å². The zero-order valence-electron chi connectivity index (χ0n) is 9.29. The Morgan fingerprint density at radius 3 is 2.86 bits per heavy atom. The monoisotopic (exact) mass is 195 g/mol. The van der Waals surface area contributed by atoms with E-state index < -0.39 is 0 Å². The van der Waals surface area contributed by atoms with Crippen LogP contribution < -0.4 is 5.32 Å². The molecule has 0 amide bonds. The zero-order chi connectivity index (χ0) is 10.4. The Hall–Kier alpha value is -0.590. The molecule has 0 saturated carbocycles. The Balaban J connectivity index is 2.38. The van der Waals surface area contributed by atoms with Crippen LogP contribution in [0.25, 0.3) is 0 Å². The van der Waals surface area contributed by atoms with Crippen molar-refractivity contribution >= 4 is 0 Å². The molecule has 1 rings (SSSR count). The molecule has 1 aliphatic rings. The van der Waals surface area contributed by atoms with Gasteiger partial charge in [-0.15, -0.1) is 0 Å². The van der Waals surface area contributed by atoms with Crippen LogP contribution in [0.4, 0.5) is 0 Å². The van der Waals surface area contributed by atoms with Gasteiger partial charge in [0.1, 0.15) is 0 Å². The van der Waals surface area contributed by atoms with E-state index in [9.17, 15) is 0 Å². The summed E-state index contributed by atoms with van der Waals surface area (Å²) in [5.74, 6) is 0.689. The predicted octanol–water partition coefficient (Wildman–Crippen LogP) is 1.22. The number of nitriles is 1. The molecule has 14 heavy (non-hydrogen) atoms. The van der Waals surface area contributed by atoms with Gasteiger partial charge in [-0.25, -0.2) is 0 Å². The molecular weight excluding hydrogens is 174 g/mol. The lowest BCUT2D eigenvalue weighted by Crippen LogP contribution is -2.39. The minimum atomic E-state index is 0.656. The molecule has 0 aliphatic carbocycles. The van der Waals surface area contributed by atoms with Crippen molar-refractivity contribution in [3.05, 3.63) is 0 Å². The maximum absolute atomic E-state index is 8.60. The molecule has 0 aromatic carbocycles. The SMILES string of the molecule is CC(C)CN(CCC#N)C1CCNC1. The van der Waals surface area contributed by atoms with E-state index in [1.165, 1.54) is 6.42 Å². The van der Waals surface area contributed by atoms with Gasteiger partial charge in [-0.3, -0.25) is 4.90 Å². The van der Waals surface area contributed by atoms with E-state index in [2.05, 4.69) is 30.1 Å². The van der Waals surface area contributed by atoms with Gasteiger partial charge in [0, 0.05) is 32.1 Å². The molecule has 0 radical (unpaired) electrons. The second-order valence-corrected chi connectivity index (χ2v) is 4.44. The Kier molecular flexibility index (Phi) is 4.92. The van der Waals surface area contributed by atoms with Crippen molar-refractivity contribution in [1.29, 1.82) is 5.26 Å². The van der Waals surface area contributed by atoms with Crippen LogP contribution in [-0.4, -0.2) is 37.1 Å². The molecule has 1 saturated heterocycles. The highest BCUT2D eigenvalue weighted by molar-refractivity contribution is 4.83. The Morgan fingerprint density at radius 2 is 2.36 bits per heavy atom. The highest BCUT2D eigenvalue weighted by Gasteiger charge is 2.22. The van der Waals surface area contributed by atoms with E-state index >= 15 is 0 Å². The van der Waals surface area contributed by atoms with Gasteiger partial charge in [0.2, 0.25) is 0 Å². The van der Waals surface area contributed by atoms with Crippen LogP contribution in [-0.2, 0) is 0 Å². The van der Waals surface area contributed by atoms with Gasteiger partial charge in [0.05, 0.1) is 6.07 Å². The molecule has 0 aromatic rings. The summed E-state index contributed by atoms with van der Waals surface area (Å²) in [6.45, 7) is 8.75. The summed E-state index contributed by atoms with van der Waals surface area (Å²) in [5.41, 5.74) is 0. The average Bonchev–Trinajstić information content (AvgIpc) is 2.64. The maximum Gasteiger partial charge on any atom is 0.0635 e. The van der Waals surface area contributed by atoms with Crippen LogP contribution in [0.2, 0.25) is 0 Å². The molecule has 3 nitrogen and oxygen atoms in total. The Labute approximate surface area is 87.1 Å². The molecule has 1 heterocycles. The van der Waals surface area contributed by atoms with Gasteiger partial charge in [0.15, 0.2) is 0 Å². The van der Waals surface area contributed by atoms with Gasteiger partial charge >= 0.3 is 0 Å². The Morgan fingerprint density at radius 1 is 1.57 bits per heavy atom. The molecule has 0 aromatic heterocycles. The molecule has 1 unspecified atom stereocenters. The standard InChI is InChI=1S/C11H21N3/c1-10(2)9-14(7-3-5-12)11-4-6-13-8-11/h10-11,13H,3-4,6-9H2,1-2H3. The first-order chi connectivity index (χ1) is 6.74. The summed E-state index contributed by atoms with van der Waals surface area (Å²) in [7, 11) is 0. The van der Waals surface area contributed by atoms with E-state index in [0.717, 1.165) is 26.2 Å². The van der Waals surface area contributed by atoms with Gasteiger partial charge in [-0.1, -0.05) is 13.8 Å². The largest absolute Gasteiger partial charge is 0.315 e. The third-order valence-electron chi connectivity index (χ3n) is 2.66. The number of nitrogens with one attached hydrogen (secondary N) is 1. The maximum atomic E-state index is 8.60. The third-order valence-corrected chi connectivity index (χ3v) is 2.66. The fraction of sp³-hybridized carbons (Fsp3) is 0.909. The quantitative estimate of drug-likeness (QED) is 0.717. The van der Waals surface area contributed by atoms with Crippen molar-refractivity contribution in [2.24, 2.45) is 5.92 Å². The molecule has 0 bridgehead atoms. The van der Waals surface area contributed by atoms with Crippen molar-refractivity contribution in [3.63, 3.8) is 0 Å².